The molecule has 1 heterocycles. The number of hydrogen-bond acceptors (Lipinski definition) is 4. The molecule has 1 aromatic heterocycles. The molecule has 5 heteroatoms. The zero-order chi connectivity index (χ0) is 14.5. The Morgan fingerprint density at radius 3 is 2.70 bits per heavy atom. The maximum atomic E-state index is 11.1. The van der Waals surface area contributed by atoms with Crippen LogP contribution in [0.15, 0.2) is 36.8 Å². The highest BCUT2D eigenvalue weighted by atomic mass is 16.1. The van der Waals surface area contributed by atoms with Crippen molar-refractivity contribution in [3.05, 3.63) is 48.0 Å². The van der Waals surface area contributed by atoms with Gasteiger partial charge in [0.05, 0.1) is 17.9 Å². The van der Waals surface area contributed by atoms with E-state index in [1.807, 2.05) is 32.0 Å². The fourth-order valence-corrected chi connectivity index (χ4v) is 1.94. The highest BCUT2D eigenvalue weighted by Crippen LogP contribution is 2.22. The van der Waals surface area contributed by atoms with E-state index in [0.29, 0.717) is 0 Å². The minimum Gasteiger partial charge on any atom is -0.377 e. The predicted molar refractivity (Wildman–Crippen MR) is 79.6 cm³/mol. The lowest BCUT2D eigenvalue weighted by Gasteiger charge is -2.16. The lowest BCUT2D eigenvalue weighted by atomic mass is 10.1. The Balaban J connectivity index is 2.10. The first-order chi connectivity index (χ1) is 9.56. The zero-order valence-corrected chi connectivity index (χ0v) is 11.8. The predicted octanol–water partition coefficient (Wildman–Crippen LogP) is 2.92. The van der Waals surface area contributed by atoms with Crippen LogP contribution in [0.2, 0.25) is 0 Å². The third-order valence-electron chi connectivity index (χ3n) is 2.95. The first-order valence-corrected chi connectivity index (χ1v) is 6.47. The molecule has 1 atom stereocenters. The third-order valence-corrected chi connectivity index (χ3v) is 2.95. The van der Waals surface area contributed by atoms with Gasteiger partial charge in [0, 0.05) is 30.7 Å². The van der Waals surface area contributed by atoms with Gasteiger partial charge in [0.15, 0.2) is 0 Å². The summed E-state index contributed by atoms with van der Waals surface area (Å²) < 4.78 is 0. The minimum absolute atomic E-state index is 0.0646. The topological polar surface area (TPSA) is 66.9 Å². The van der Waals surface area contributed by atoms with Crippen molar-refractivity contribution in [2.45, 2.75) is 26.8 Å². The number of carbonyl (C=O) groups excluding carboxylic acids is 1. The van der Waals surface area contributed by atoms with Gasteiger partial charge in [-0.25, -0.2) is 0 Å². The second-order valence-electron chi connectivity index (χ2n) is 4.71. The largest absolute Gasteiger partial charge is 0.377 e. The molecule has 5 nitrogen and oxygen atoms in total. The lowest BCUT2D eigenvalue weighted by Crippen LogP contribution is -2.10. The van der Waals surface area contributed by atoms with Crippen LogP contribution in [0, 0.1) is 6.92 Å². The number of aromatic nitrogens is 2. The maximum absolute atomic E-state index is 11.1. The SMILES string of the molecule is CC(=O)Nc1ccc(NC(C)c2cnccn2)cc1C. The molecule has 0 aliphatic rings. The zero-order valence-electron chi connectivity index (χ0n) is 11.8. The van der Waals surface area contributed by atoms with Crippen molar-refractivity contribution in [1.29, 1.82) is 0 Å². The molecule has 2 N–H and O–H groups in total. The van der Waals surface area contributed by atoms with Gasteiger partial charge in [-0.1, -0.05) is 0 Å². The summed E-state index contributed by atoms with van der Waals surface area (Å²) in [5.41, 5.74) is 3.71. The fraction of sp³-hybridized carbons (Fsp3) is 0.267. The van der Waals surface area contributed by atoms with Crippen molar-refractivity contribution in [3.8, 4) is 0 Å². The molecule has 20 heavy (non-hydrogen) atoms. The Labute approximate surface area is 118 Å². The quantitative estimate of drug-likeness (QED) is 0.896. The second kappa shape index (κ2) is 6.14. The summed E-state index contributed by atoms with van der Waals surface area (Å²) in [5, 5.41) is 6.16. The molecule has 0 radical (unpaired) electrons. The summed E-state index contributed by atoms with van der Waals surface area (Å²) in [7, 11) is 0. The molecule has 2 rings (SSSR count). The summed E-state index contributed by atoms with van der Waals surface area (Å²) in [4.78, 5) is 19.4. The highest BCUT2D eigenvalue weighted by molar-refractivity contribution is 5.89. The molecule has 0 spiro atoms. The van der Waals surface area contributed by atoms with Crippen LogP contribution in [-0.4, -0.2) is 15.9 Å². The van der Waals surface area contributed by atoms with E-state index in [1.165, 1.54) is 6.92 Å². The molecule has 2 aromatic rings. The van der Waals surface area contributed by atoms with Crippen molar-refractivity contribution in [2.75, 3.05) is 10.6 Å². The number of rotatable bonds is 4. The summed E-state index contributed by atoms with van der Waals surface area (Å²) in [5.74, 6) is -0.0678. The number of amides is 1. The minimum atomic E-state index is -0.0678. The summed E-state index contributed by atoms with van der Waals surface area (Å²) in [6.45, 7) is 5.49. The number of aryl methyl sites for hydroxylation is 1. The van der Waals surface area contributed by atoms with Crippen LogP contribution in [0.5, 0.6) is 0 Å². The first kappa shape index (κ1) is 14.0. The van der Waals surface area contributed by atoms with Gasteiger partial charge >= 0.3 is 0 Å². The fourth-order valence-electron chi connectivity index (χ4n) is 1.94. The van der Waals surface area contributed by atoms with Gasteiger partial charge in [-0.05, 0) is 37.6 Å². The van der Waals surface area contributed by atoms with Crippen LogP contribution in [0.4, 0.5) is 11.4 Å². The third kappa shape index (κ3) is 3.54. The van der Waals surface area contributed by atoms with E-state index >= 15 is 0 Å². The summed E-state index contributed by atoms with van der Waals surface area (Å²) in [6.07, 6.45) is 5.08. The molecule has 0 aliphatic heterocycles. The average Bonchev–Trinajstić information content (AvgIpc) is 2.42. The van der Waals surface area contributed by atoms with Gasteiger partial charge in [0.1, 0.15) is 0 Å². The summed E-state index contributed by atoms with van der Waals surface area (Å²) in [6, 6.07) is 5.89. The van der Waals surface area contributed by atoms with Gasteiger partial charge in [0.25, 0.3) is 0 Å². The maximum Gasteiger partial charge on any atom is 0.221 e. The van der Waals surface area contributed by atoms with E-state index in [0.717, 1.165) is 22.6 Å². The molecule has 0 fully saturated rings. The smallest absolute Gasteiger partial charge is 0.221 e. The second-order valence-corrected chi connectivity index (χ2v) is 4.71. The van der Waals surface area contributed by atoms with Crippen molar-refractivity contribution < 1.29 is 4.79 Å². The van der Waals surface area contributed by atoms with Crippen LogP contribution in [0.1, 0.15) is 31.1 Å². The van der Waals surface area contributed by atoms with Gasteiger partial charge in [0.2, 0.25) is 5.91 Å². The number of anilines is 2. The van der Waals surface area contributed by atoms with Crippen LogP contribution in [0.25, 0.3) is 0 Å². The standard InChI is InChI=1S/C15H18N4O/c1-10-8-13(4-5-14(10)19-12(3)20)18-11(2)15-9-16-6-7-17-15/h4-9,11,18H,1-3H3,(H,19,20). The molecule has 0 saturated heterocycles. The highest BCUT2D eigenvalue weighted by Gasteiger charge is 2.08. The molecule has 1 aromatic carbocycles. The Kier molecular flexibility index (Phi) is 4.30. The Bertz CT molecular complexity index is 598. The van der Waals surface area contributed by atoms with Crippen molar-refractivity contribution in [3.63, 3.8) is 0 Å². The van der Waals surface area contributed by atoms with Crippen LogP contribution >= 0.6 is 0 Å². The first-order valence-electron chi connectivity index (χ1n) is 6.47. The van der Waals surface area contributed by atoms with E-state index in [1.54, 1.807) is 18.6 Å². The Morgan fingerprint density at radius 2 is 2.10 bits per heavy atom. The molecule has 104 valence electrons. The van der Waals surface area contributed by atoms with Crippen LogP contribution in [-0.2, 0) is 4.79 Å². The number of hydrogen-bond donors (Lipinski definition) is 2. The lowest BCUT2D eigenvalue weighted by molar-refractivity contribution is -0.114. The molecular formula is C15H18N4O. The van der Waals surface area contributed by atoms with Gasteiger partial charge in [-0.15, -0.1) is 0 Å². The molecule has 0 aliphatic carbocycles. The van der Waals surface area contributed by atoms with Crippen molar-refractivity contribution in [1.82, 2.24) is 9.97 Å². The molecule has 0 bridgehead atoms. The van der Waals surface area contributed by atoms with Gasteiger partial charge in [-0.3, -0.25) is 14.8 Å². The monoisotopic (exact) mass is 270 g/mol. The number of carbonyl (C=O) groups is 1. The van der Waals surface area contributed by atoms with E-state index in [-0.39, 0.29) is 11.9 Å². The number of nitrogens with zero attached hydrogens (tertiary/aromatic N) is 2. The van der Waals surface area contributed by atoms with E-state index in [9.17, 15) is 4.79 Å². The average molecular weight is 270 g/mol. The molecular weight excluding hydrogens is 252 g/mol. The number of nitrogens with one attached hydrogen (secondary N) is 2. The van der Waals surface area contributed by atoms with E-state index < -0.39 is 0 Å². The molecule has 1 amide bonds. The van der Waals surface area contributed by atoms with Crippen molar-refractivity contribution >= 4 is 17.3 Å². The summed E-state index contributed by atoms with van der Waals surface area (Å²) >= 11 is 0. The van der Waals surface area contributed by atoms with Crippen LogP contribution in [0.3, 0.4) is 0 Å². The van der Waals surface area contributed by atoms with Crippen LogP contribution < -0.4 is 10.6 Å². The Morgan fingerprint density at radius 1 is 1.30 bits per heavy atom. The van der Waals surface area contributed by atoms with Gasteiger partial charge < -0.3 is 10.6 Å². The normalized spacial score (nSPS) is 11.8. The van der Waals surface area contributed by atoms with E-state index in [4.69, 9.17) is 0 Å². The molecule has 0 saturated carbocycles. The number of benzene rings is 1. The molecule has 1 unspecified atom stereocenters. The van der Waals surface area contributed by atoms with Crippen molar-refractivity contribution in [2.24, 2.45) is 0 Å². The van der Waals surface area contributed by atoms with Gasteiger partial charge in [-0.2, -0.15) is 0 Å². The Hall–Kier alpha value is -2.43. The van der Waals surface area contributed by atoms with E-state index in [2.05, 4.69) is 20.6 Å².